The monoisotopic (exact) mass is 338 g/mol. The maximum Gasteiger partial charge on any atom is 0.257 e. The van der Waals surface area contributed by atoms with Gasteiger partial charge in [0.15, 0.2) is 6.61 Å². The van der Waals surface area contributed by atoms with Crippen LogP contribution in [0.15, 0.2) is 48.5 Å². The zero-order valence-electron chi connectivity index (χ0n) is 14.1. The van der Waals surface area contributed by atoms with Crippen molar-refractivity contribution in [1.29, 1.82) is 0 Å². The minimum Gasteiger partial charge on any atom is -0.484 e. The molecule has 5 nitrogen and oxygen atoms in total. The second-order valence-corrected chi connectivity index (χ2v) is 6.09. The Hall–Kier alpha value is -2.82. The number of amides is 2. The van der Waals surface area contributed by atoms with Crippen LogP contribution in [0.3, 0.4) is 0 Å². The zero-order valence-corrected chi connectivity index (χ0v) is 14.1. The number of hydrogen-bond donors (Lipinski definition) is 2. The average Bonchev–Trinajstić information content (AvgIpc) is 2.64. The summed E-state index contributed by atoms with van der Waals surface area (Å²) in [7, 11) is 0. The van der Waals surface area contributed by atoms with E-state index in [0.29, 0.717) is 25.1 Å². The molecule has 25 heavy (non-hydrogen) atoms. The van der Waals surface area contributed by atoms with Gasteiger partial charge in [-0.05, 0) is 48.6 Å². The largest absolute Gasteiger partial charge is 0.484 e. The number of benzene rings is 2. The van der Waals surface area contributed by atoms with Gasteiger partial charge in [-0.3, -0.25) is 9.59 Å². The lowest BCUT2D eigenvalue weighted by Crippen LogP contribution is -2.30. The van der Waals surface area contributed by atoms with Crippen LogP contribution in [0.2, 0.25) is 0 Å². The number of hydrogen-bond acceptors (Lipinski definition) is 3. The number of anilines is 1. The van der Waals surface area contributed by atoms with Crippen molar-refractivity contribution < 1.29 is 14.3 Å². The van der Waals surface area contributed by atoms with Gasteiger partial charge in [0.1, 0.15) is 5.75 Å². The van der Waals surface area contributed by atoms with Crippen LogP contribution >= 0.6 is 0 Å². The predicted molar refractivity (Wildman–Crippen MR) is 96.7 cm³/mol. The van der Waals surface area contributed by atoms with Crippen molar-refractivity contribution in [3.05, 3.63) is 59.7 Å². The molecule has 0 bridgehead atoms. The maximum absolute atomic E-state index is 11.9. The second kappa shape index (κ2) is 8.33. The number of carbonyl (C=O) groups excluding carboxylic acids is 2. The predicted octanol–water partition coefficient (Wildman–Crippen LogP) is 2.70. The molecule has 5 heteroatoms. The summed E-state index contributed by atoms with van der Waals surface area (Å²) in [4.78, 5) is 23.2. The molecule has 2 aromatic carbocycles. The van der Waals surface area contributed by atoms with Crippen LogP contribution < -0.4 is 15.4 Å². The maximum atomic E-state index is 11.9. The van der Waals surface area contributed by atoms with E-state index in [1.54, 1.807) is 6.07 Å². The quantitative estimate of drug-likeness (QED) is 0.763. The van der Waals surface area contributed by atoms with Gasteiger partial charge in [-0.25, -0.2) is 0 Å². The van der Waals surface area contributed by atoms with E-state index in [1.807, 2.05) is 30.3 Å². The number of aryl methyl sites for hydroxylation is 2. The summed E-state index contributed by atoms with van der Waals surface area (Å²) in [6.07, 6.45) is 3.02. The molecule has 0 saturated heterocycles. The summed E-state index contributed by atoms with van der Waals surface area (Å²) in [5, 5.41) is 5.70. The molecule has 1 aliphatic heterocycles. The van der Waals surface area contributed by atoms with E-state index in [9.17, 15) is 9.59 Å². The lowest BCUT2D eigenvalue weighted by atomic mass is 10.0. The van der Waals surface area contributed by atoms with Gasteiger partial charge in [-0.15, -0.1) is 0 Å². The van der Waals surface area contributed by atoms with E-state index < -0.39 is 0 Å². The van der Waals surface area contributed by atoms with E-state index >= 15 is 0 Å². The van der Waals surface area contributed by atoms with Crippen LogP contribution in [-0.4, -0.2) is 25.0 Å². The summed E-state index contributed by atoms with van der Waals surface area (Å²) >= 11 is 0. The Kier molecular flexibility index (Phi) is 5.67. The van der Waals surface area contributed by atoms with E-state index in [0.717, 1.165) is 24.1 Å². The molecule has 1 heterocycles. The van der Waals surface area contributed by atoms with Crippen molar-refractivity contribution >= 4 is 17.5 Å². The Bertz CT molecular complexity index is 744. The van der Waals surface area contributed by atoms with Gasteiger partial charge in [0.2, 0.25) is 5.91 Å². The van der Waals surface area contributed by atoms with Gasteiger partial charge in [0, 0.05) is 18.7 Å². The number of rotatable bonds is 7. The summed E-state index contributed by atoms with van der Waals surface area (Å²) in [5.74, 6) is 0.560. The van der Waals surface area contributed by atoms with Crippen molar-refractivity contribution in [3.63, 3.8) is 0 Å². The summed E-state index contributed by atoms with van der Waals surface area (Å²) in [6, 6.07) is 15.7. The first-order chi connectivity index (χ1) is 12.2. The van der Waals surface area contributed by atoms with Crippen LogP contribution in [0, 0.1) is 0 Å². The SMILES string of the molecule is O=C(COc1ccc2c(c1)CCC(=O)N2)NCCCc1ccccc1. The molecule has 2 amide bonds. The first-order valence-corrected chi connectivity index (χ1v) is 8.57. The Labute approximate surface area is 147 Å². The molecule has 0 spiro atoms. The summed E-state index contributed by atoms with van der Waals surface area (Å²) in [6.45, 7) is 0.629. The molecular weight excluding hydrogens is 316 g/mol. The molecule has 0 fully saturated rings. The highest BCUT2D eigenvalue weighted by Gasteiger charge is 2.15. The smallest absolute Gasteiger partial charge is 0.257 e. The summed E-state index contributed by atoms with van der Waals surface area (Å²) < 4.78 is 5.55. The fourth-order valence-corrected chi connectivity index (χ4v) is 2.81. The van der Waals surface area contributed by atoms with E-state index in [1.165, 1.54) is 5.56 Å². The fourth-order valence-electron chi connectivity index (χ4n) is 2.81. The molecule has 3 rings (SSSR count). The normalized spacial score (nSPS) is 12.9. The average molecular weight is 338 g/mol. The van der Waals surface area contributed by atoms with Gasteiger partial charge in [-0.2, -0.15) is 0 Å². The Morgan fingerprint density at radius 2 is 1.96 bits per heavy atom. The van der Waals surface area contributed by atoms with Gasteiger partial charge >= 0.3 is 0 Å². The van der Waals surface area contributed by atoms with E-state index in [-0.39, 0.29) is 18.4 Å². The van der Waals surface area contributed by atoms with Gasteiger partial charge < -0.3 is 15.4 Å². The van der Waals surface area contributed by atoms with Crippen LogP contribution in [0.5, 0.6) is 5.75 Å². The molecular formula is C20H22N2O3. The topological polar surface area (TPSA) is 67.4 Å². The minimum absolute atomic E-state index is 0.00349. The summed E-state index contributed by atoms with van der Waals surface area (Å²) in [5.41, 5.74) is 3.14. The van der Waals surface area contributed by atoms with E-state index in [2.05, 4.69) is 22.8 Å². The Morgan fingerprint density at radius 3 is 2.80 bits per heavy atom. The number of fused-ring (bicyclic) bond motifs is 1. The molecule has 2 aromatic rings. The third-order valence-electron chi connectivity index (χ3n) is 4.15. The molecule has 1 aliphatic rings. The standard InChI is InChI=1S/C20H22N2O3/c23-19-11-8-16-13-17(9-10-18(16)22-19)25-14-20(24)21-12-4-7-15-5-2-1-3-6-15/h1-3,5-6,9-10,13H,4,7-8,11-12,14H2,(H,21,24)(H,22,23). The highest BCUT2D eigenvalue weighted by Crippen LogP contribution is 2.26. The highest BCUT2D eigenvalue weighted by molar-refractivity contribution is 5.94. The zero-order chi connectivity index (χ0) is 17.5. The number of nitrogens with one attached hydrogen (secondary N) is 2. The third kappa shape index (κ3) is 5.08. The van der Waals surface area contributed by atoms with Gasteiger partial charge in [-0.1, -0.05) is 30.3 Å². The lowest BCUT2D eigenvalue weighted by Gasteiger charge is -2.17. The van der Waals surface area contributed by atoms with E-state index in [4.69, 9.17) is 4.74 Å². The lowest BCUT2D eigenvalue weighted by molar-refractivity contribution is -0.123. The van der Waals surface area contributed by atoms with Crippen molar-refractivity contribution in [2.24, 2.45) is 0 Å². The minimum atomic E-state index is -0.126. The Morgan fingerprint density at radius 1 is 1.12 bits per heavy atom. The molecule has 0 aromatic heterocycles. The number of carbonyl (C=O) groups is 2. The van der Waals surface area contributed by atoms with Crippen LogP contribution in [0.4, 0.5) is 5.69 Å². The molecule has 0 aliphatic carbocycles. The van der Waals surface area contributed by atoms with Gasteiger partial charge in [0.05, 0.1) is 0 Å². The van der Waals surface area contributed by atoms with Gasteiger partial charge in [0.25, 0.3) is 5.91 Å². The molecule has 0 radical (unpaired) electrons. The van der Waals surface area contributed by atoms with Crippen molar-refractivity contribution in [3.8, 4) is 5.75 Å². The molecule has 2 N–H and O–H groups in total. The molecule has 0 unspecified atom stereocenters. The van der Waals surface area contributed by atoms with Crippen molar-refractivity contribution in [1.82, 2.24) is 5.32 Å². The van der Waals surface area contributed by atoms with Crippen molar-refractivity contribution in [2.45, 2.75) is 25.7 Å². The van der Waals surface area contributed by atoms with Crippen LogP contribution in [-0.2, 0) is 22.4 Å². The number of ether oxygens (including phenoxy) is 1. The highest BCUT2D eigenvalue weighted by atomic mass is 16.5. The molecule has 130 valence electrons. The first-order valence-electron chi connectivity index (χ1n) is 8.57. The molecule has 0 atom stereocenters. The van der Waals surface area contributed by atoms with Crippen molar-refractivity contribution in [2.75, 3.05) is 18.5 Å². The first kappa shape index (κ1) is 17.0. The van der Waals surface area contributed by atoms with Crippen LogP contribution in [0.25, 0.3) is 0 Å². The molecule has 0 saturated carbocycles. The van der Waals surface area contributed by atoms with Crippen LogP contribution in [0.1, 0.15) is 24.0 Å². The second-order valence-electron chi connectivity index (χ2n) is 6.09. The fraction of sp³-hybridized carbons (Fsp3) is 0.300. The Balaban J connectivity index is 1.38. The third-order valence-corrected chi connectivity index (χ3v) is 4.15.